The summed E-state index contributed by atoms with van der Waals surface area (Å²) in [4.78, 5) is 27.2. The zero-order chi connectivity index (χ0) is 23.5. The van der Waals surface area contributed by atoms with Crippen molar-refractivity contribution in [3.63, 3.8) is 0 Å². The van der Waals surface area contributed by atoms with Crippen LogP contribution in [0.25, 0.3) is 0 Å². The van der Waals surface area contributed by atoms with Crippen LogP contribution in [0.4, 0.5) is 0 Å². The Morgan fingerprint density at radius 1 is 1.12 bits per heavy atom. The molecule has 0 aromatic heterocycles. The van der Waals surface area contributed by atoms with Gasteiger partial charge in [0.1, 0.15) is 12.3 Å². The van der Waals surface area contributed by atoms with Gasteiger partial charge in [0.25, 0.3) is 5.91 Å². The standard InChI is InChI=1S/C25H30ClN3O3/c1-25(2,3)15-23(30)28(4)16-24(31)29-22(18-6-10-19(26)11-7-18)14-21(27-29)17-8-12-20(32-5)13-9-17/h6-13,22H,14-16H2,1-5H3. The van der Waals surface area contributed by atoms with Gasteiger partial charge in [-0.2, -0.15) is 5.10 Å². The Balaban J connectivity index is 1.84. The first-order chi connectivity index (χ1) is 15.1. The summed E-state index contributed by atoms with van der Waals surface area (Å²) in [5.41, 5.74) is 2.54. The molecule has 0 bridgehead atoms. The van der Waals surface area contributed by atoms with E-state index >= 15 is 0 Å². The van der Waals surface area contributed by atoms with Gasteiger partial charge in [0, 0.05) is 24.9 Å². The molecule has 0 saturated heterocycles. The molecule has 2 amide bonds. The predicted molar refractivity (Wildman–Crippen MR) is 127 cm³/mol. The SMILES string of the molecule is COc1ccc(C2=NN(C(=O)CN(C)C(=O)CC(C)(C)C)C(c3ccc(Cl)cc3)C2)cc1. The minimum absolute atomic E-state index is 0.0294. The molecule has 0 fully saturated rings. The highest BCUT2D eigenvalue weighted by molar-refractivity contribution is 6.30. The molecule has 170 valence electrons. The van der Waals surface area contributed by atoms with Crippen LogP contribution in [0, 0.1) is 5.41 Å². The zero-order valence-corrected chi connectivity index (χ0v) is 20.0. The van der Waals surface area contributed by atoms with Crippen molar-refractivity contribution in [1.29, 1.82) is 0 Å². The maximum Gasteiger partial charge on any atom is 0.262 e. The molecule has 6 nitrogen and oxygen atoms in total. The second-order valence-corrected chi connectivity index (χ2v) is 9.71. The lowest BCUT2D eigenvalue weighted by Gasteiger charge is -2.26. The average molecular weight is 456 g/mol. The summed E-state index contributed by atoms with van der Waals surface area (Å²) in [6.07, 6.45) is 0.942. The van der Waals surface area contributed by atoms with Crippen molar-refractivity contribution in [3.8, 4) is 5.75 Å². The molecular weight excluding hydrogens is 426 g/mol. The summed E-state index contributed by atoms with van der Waals surface area (Å²) in [7, 11) is 3.28. The maximum atomic E-state index is 13.2. The number of rotatable bonds is 6. The predicted octanol–water partition coefficient (Wildman–Crippen LogP) is 4.92. The lowest BCUT2D eigenvalue weighted by Crippen LogP contribution is -2.40. The molecule has 0 spiro atoms. The number of hydrazone groups is 1. The molecule has 1 aliphatic rings. The molecule has 1 atom stereocenters. The number of methoxy groups -OCH3 is 1. The molecule has 2 aromatic rings. The second kappa shape index (κ2) is 9.74. The molecule has 0 N–H and O–H groups in total. The molecule has 1 unspecified atom stereocenters. The molecule has 0 radical (unpaired) electrons. The molecule has 7 heteroatoms. The van der Waals surface area contributed by atoms with Gasteiger partial charge in [0.2, 0.25) is 5.91 Å². The highest BCUT2D eigenvalue weighted by atomic mass is 35.5. The third kappa shape index (κ3) is 5.88. The number of hydrogen-bond donors (Lipinski definition) is 0. The topological polar surface area (TPSA) is 62.2 Å². The van der Waals surface area contributed by atoms with Gasteiger partial charge in [-0.1, -0.05) is 44.5 Å². The molecule has 32 heavy (non-hydrogen) atoms. The molecule has 1 aliphatic heterocycles. The van der Waals surface area contributed by atoms with E-state index in [-0.39, 0.29) is 29.8 Å². The molecule has 0 aliphatic carbocycles. The summed E-state index contributed by atoms with van der Waals surface area (Å²) in [5.74, 6) is 0.471. The fourth-order valence-corrected chi connectivity index (χ4v) is 3.72. The van der Waals surface area contributed by atoms with Crippen molar-refractivity contribution in [3.05, 3.63) is 64.7 Å². The van der Waals surface area contributed by atoms with Crippen LogP contribution in [-0.4, -0.2) is 48.1 Å². The van der Waals surface area contributed by atoms with Crippen LogP contribution >= 0.6 is 11.6 Å². The van der Waals surface area contributed by atoms with Crippen molar-refractivity contribution < 1.29 is 14.3 Å². The summed E-state index contributed by atoms with van der Waals surface area (Å²) >= 11 is 6.06. The van der Waals surface area contributed by atoms with E-state index in [0.29, 0.717) is 17.9 Å². The minimum atomic E-state index is -0.261. The summed E-state index contributed by atoms with van der Waals surface area (Å²) < 4.78 is 5.24. The van der Waals surface area contributed by atoms with E-state index in [1.165, 1.54) is 9.91 Å². The molecule has 3 rings (SSSR count). The minimum Gasteiger partial charge on any atom is -0.497 e. The van der Waals surface area contributed by atoms with E-state index in [1.807, 2.05) is 69.3 Å². The number of amides is 2. The van der Waals surface area contributed by atoms with E-state index in [1.54, 1.807) is 14.2 Å². The van der Waals surface area contributed by atoms with Crippen LogP contribution in [0.5, 0.6) is 5.75 Å². The third-order valence-electron chi connectivity index (χ3n) is 5.32. The van der Waals surface area contributed by atoms with Gasteiger partial charge in [-0.25, -0.2) is 5.01 Å². The van der Waals surface area contributed by atoms with Gasteiger partial charge in [0.05, 0.1) is 18.9 Å². The van der Waals surface area contributed by atoms with Crippen molar-refractivity contribution in [1.82, 2.24) is 9.91 Å². The van der Waals surface area contributed by atoms with Gasteiger partial charge < -0.3 is 9.64 Å². The Morgan fingerprint density at radius 3 is 2.31 bits per heavy atom. The first kappa shape index (κ1) is 23.8. The number of carbonyl (C=O) groups excluding carboxylic acids is 2. The second-order valence-electron chi connectivity index (χ2n) is 9.27. The van der Waals surface area contributed by atoms with Crippen LogP contribution < -0.4 is 4.74 Å². The molecular formula is C25H30ClN3O3. The summed E-state index contributed by atoms with van der Waals surface area (Å²) in [5, 5.41) is 6.81. The number of nitrogens with zero attached hydrogens (tertiary/aromatic N) is 3. The van der Waals surface area contributed by atoms with Crippen molar-refractivity contribution in [2.75, 3.05) is 20.7 Å². The van der Waals surface area contributed by atoms with Crippen LogP contribution in [0.3, 0.4) is 0 Å². The Labute approximate surface area is 194 Å². The fraction of sp³-hybridized carbons (Fsp3) is 0.400. The van der Waals surface area contributed by atoms with Crippen molar-refractivity contribution >= 4 is 29.1 Å². The number of halogens is 1. The Bertz CT molecular complexity index is 995. The van der Waals surface area contributed by atoms with E-state index in [4.69, 9.17) is 16.3 Å². The van der Waals surface area contributed by atoms with Crippen LogP contribution in [-0.2, 0) is 9.59 Å². The van der Waals surface area contributed by atoms with E-state index in [0.717, 1.165) is 22.6 Å². The Kier molecular flexibility index (Phi) is 7.24. The number of benzene rings is 2. The zero-order valence-electron chi connectivity index (χ0n) is 19.3. The number of carbonyl (C=O) groups is 2. The van der Waals surface area contributed by atoms with E-state index in [2.05, 4.69) is 5.10 Å². The van der Waals surface area contributed by atoms with E-state index < -0.39 is 0 Å². The monoisotopic (exact) mass is 455 g/mol. The molecule has 0 saturated carbocycles. The van der Waals surface area contributed by atoms with Crippen LogP contribution in [0.1, 0.15) is 50.8 Å². The van der Waals surface area contributed by atoms with Crippen molar-refractivity contribution in [2.45, 2.75) is 39.7 Å². The first-order valence-corrected chi connectivity index (χ1v) is 11.0. The average Bonchev–Trinajstić information content (AvgIpc) is 3.18. The smallest absolute Gasteiger partial charge is 0.262 e. The number of hydrogen-bond acceptors (Lipinski definition) is 4. The van der Waals surface area contributed by atoms with Gasteiger partial charge in [0.15, 0.2) is 0 Å². The summed E-state index contributed by atoms with van der Waals surface area (Å²) in [6, 6.07) is 14.8. The fourth-order valence-electron chi connectivity index (χ4n) is 3.59. The highest BCUT2D eigenvalue weighted by Crippen LogP contribution is 2.34. The lowest BCUT2D eigenvalue weighted by atomic mass is 9.92. The normalized spacial score (nSPS) is 16.0. The first-order valence-electron chi connectivity index (χ1n) is 10.6. The Morgan fingerprint density at radius 2 is 1.75 bits per heavy atom. The lowest BCUT2D eigenvalue weighted by molar-refractivity contribution is -0.141. The molecule has 2 aromatic carbocycles. The third-order valence-corrected chi connectivity index (χ3v) is 5.58. The van der Waals surface area contributed by atoms with Gasteiger partial charge >= 0.3 is 0 Å². The van der Waals surface area contributed by atoms with E-state index in [9.17, 15) is 9.59 Å². The highest BCUT2D eigenvalue weighted by Gasteiger charge is 2.34. The van der Waals surface area contributed by atoms with Crippen molar-refractivity contribution in [2.24, 2.45) is 10.5 Å². The quantitative estimate of drug-likeness (QED) is 0.621. The number of ether oxygens (including phenoxy) is 1. The van der Waals surface area contributed by atoms with Crippen LogP contribution in [0.2, 0.25) is 5.02 Å². The number of likely N-dealkylation sites (N-methyl/N-ethyl adjacent to an activating group) is 1. The van der Waals surface area contributed by atoms with Crippen LogP contribution in [0.15, 0.2) is 53.6 Å². The largest absolute Gasteiger partial charge is 0.497 e. The van der Waals surface area contributed by atoms with Gasteiger partial charge in [-0.3, -0.25) is 9.59 Å². The van der Waals surface area contributed by atoms with Gasteiger partial charge in [-0.05, 0) is 52.9 Å². The Hall–Kier alpha value is -2.86. The summed E-state index contributed by atoms with van der Waals surface area (Å²) in [6.45, 7) is 5.98. The molecule has 1 heterocycles. The van der Waals surface area contributed by atoms with Gasteiger partial charge in [-0.15, -0.1) is 0 Å². The maximum absolute atomic E-state index is 13.2.